The van der Waals surface area contributed by atoms with E-state index in [4.69, 9.17) is 0 Å². The monoisotopic (exact) mass is 636 g/mol. The third-order valence-corrected chi connectivity index (χ3v) is 8.92. The van der Waals surface area contributed by atoms with Gasteiger partial charge in [-0.1, -0.05) is 127 Å². The first-order valence-electron chi connectivity index (χ1n) is 18.0. The normalized spacial score (nSPS) is 12.1. The van der Waals surface area contributed by atoms with Crippen LogP contribution in [0.5, 0.6) is 0 Å². The van der Waals surface area contributed by atoms with Gasteiger partial charge in [-0.05, 0) is 143 Å². The van der Waals surface area contributed by atoms with E-state index in [-0.39, 0.29) is 0 Å². The smallest absolute Gasteiger partial charge is 0.0419 e. The molecule has 3 rings (SSSR count). The Morgan fingerprint density at radius 1 is 0.872 bits per heavy atom. The lowest BCUT2D eigenvalue weighted by molar-refractivity contribution is 0.419. The van der Waals surface area contributed by atoms with Gasteiger partial charge in [0.1, 0.15) is 0 Å². The maximum absolute atomic E-state index is 4.23. The van der Waals surface area contributed by atoms with Gasteiger partial charge >= 0.3 is 0 Å². The minimum Gasteiger partial charge on any atom is -0.388 e. The molecule has 0 heterocycles. The van der Waals surface area contributed by atoms with Crippen molar-refractivity contribution in [1.29, 1.82) is 0 Å². The standard InChI is InChI=1S/C19H30.C13H17N.C12H16.C2H6/c1-7-13-16(5)19(10-4)17(6)14-11-12-15-18(8-2)9-3;1-9(2)11-6-7-12(10(3)4)13(8-11)14-5;1-9-6-7-12(8-10(9)2)11-4-3-5-11;1-2/h8H,2-3,5,7,10-15H2,1,4,6H3;6-8,14H,1,3H2,2,4-5H3;6-8,11H,3-5H2,1-2H3;1-2H3/b19-17+;;;. The summed E-state index contributed by atoms with van der Waals surface area (Å²) >= 11 is 0. The van der Waals surface area contributed by atoms with E-state index in [1.807, 2.05) is 40.8 Å². The molecular formula is C46H69N. The molecule has 0 radical (unpaired) electrons. The van der Waals surface area contributed by atoms with E-state index < -0.39 is 0 Å². The number of hydrogen-bond donors (Lipinski definition) is 1. The summed E-state index contributed by atoms with van der Waals surface area (Å²) in [5, 5.41) is 3.17. The van der Waals surface area contributed by atoms with E-state index in [1.165, 1.54) is 78.4 Å². The molecule has 258 valence electrons. The first-order valence-corrected chi connectivity index (χ1v) is 18.0. The third-order valence-electron chi connectivity index (χ3n) is 8.92. The van der Waals surface area contributed by atoms with Crippen LogP contribution in [-0.4, -0.2) is 7.05 Å². The number of nitrogens with one attached hydrogen (secondary N) is 1. The van der Waals surface area contributed by atoms with Gasteiger partial charge < -0.3 is 5.32 Å². The van der Waals surface area contributed by atoms with E-state index in [9.17, 15) is 0 Å². The van der Waals surface area contributed by atoms with Gasteiger partial charge in [-0.15, -0.1) is 5.73 Å². The number of benzene rings is 2. The number of rotatable bonds is 14. The summed E-state index contributed by atoms with van der Waals surface area (Å²) in [7, 11) is 1.92. The van der Waals surface area contributed by atoms with Crippen molar-refractivity contribution in [2.45, 2.75) is 132 Å². The Labute approximate surface area is 292 Å². The second-order valence-electron chi connectivity index (χ2n) is 12.6. The van der Waals surface area contributed by atoms with Gasteiger partial charge in [-0.3, -0.25) is 0 Å². The summed E-state index contributed by atoms with van der Waals surface area (Å²) in [5.41, 5.74) is 18.4. The van der Waals surface area contributed by atoms with E-state index in [0.717, 1.165) is 53.2 Å². The highest BCUT2D eigenvalue weighted by molar-refractivity contribution is 5.77. The van der Waals surface area contributed by atoms with Gasteiger partial charge in [0.2, 0.25) is 0 Å². The summed E-state index contributed by atoms with van der Waals surface area (Å²) in [6.45, 7) is 38.7. The molecule has 1 N–H and O–H groups in total. The molecule has 1 aliphatic carbocycles. The van der Waals surface area contributed by atoms with Crippen LogP contribution in [0.15, 0.2) is 103 Å². The van der Waals surface area contributed by atoms with Gasteiger partial charge in [-0.25, -0.2) is 0 Å². The summed E-state index contributed by atoms with van der Waals surface area (Å²) in [6.07, 6.45) is 14.1. The molecule has 2 aromatic carbocycles. The lowest BCUT2D eigenvalue weighted by Crippen LogP contribution is -2.08. The Morgan fingerprint density at radius 3 is 1.96 bits per heavy atom. The van der Waals surface area contributed by atoms with Crippen molar-refractivity contribution in [3.05, 3.63) is 131 Å². The van der Waals surface area contributed by atoms with Crippen LogP contribution in [0.2, 0.25) is 0 Å². The molecule has 1 saturated carbocycles. The van der Waals surface area contributed by atoms with E-state index in [1.54, 1.807) is 5.56 Å². The Kier molecular flexibility index (Phi) is 22.8. The van der Waals surface area contributed by atoms with Crippen molar-refractivity contribution in [3.8, 4) is 0 Å². The molecule has 0 spiro atoms. The maximum Gasteiger partial charge on any atom is 0.0419 e. The van der Waals surface area contributed by atoms with E-state index in [0.29, 0.717) is 0 Å². The molecular weight excluding hydrogens is 567 g/mol. The topological polar surface area (TPSA) is 12.0 Å². The van der Waals surface area contributed by atoms with Crippen LogP contribution in [0.3, 0.4) is 0 Å². The van der Waals surface area contributed by atoms with Crippen LogP contribution >= 0.6 is 0 Å². The van der Waals surface area contributed by atoms with Crippen molar-refractivity contribution in [1.82, 2.24) is 0 Å². The number of aryl methyl sites for hydroxylation is 2. The van der Waals surface area contributed by atoms with Crippen LogP contribution in [0.25, 0.3) is 11.1 Å². The molecule has 0 saturated heterocycles. The maximum atomic E-state index is 4.23. The zero-order chi connectivity index (χ0) is 35.9. The second kappa shape index (κ2) is 24.6. The quantitative estimate of drug-likeness (QED) is 0.124. The van der Waals surface area contributed by atoms with Crippen molar-refractivity contribution < 1.29 is 0 Å². The molecule has 0 bridgehead atoms. The largest absolute Gasteiger partial charge is 0.388 e. The fourth-order valence-corrected chi connectivity index (χ4v) is 5.57. The minimum atomic E-state index is 0.879. The fourth-order valence-electron chi connectivity index (χ4n) is 5.57. The lowest BCUT2D eigenvalue weighted by Gasteiger charge is -2.26. The van der Waals surface area contributed by atoms with Crippen molar-refractivity contribution in [2.75, 3.05) is 12.4 Å². The molecule has 1 nitrogen and oxygen atoms in total. The van der Waals surface area contributed by atoms with Gasteiger partial charge in [-0.2, -0.15) is 0 Å². The molecule has 0 unspecified atom stereocenters. The summed E-state index contributed by atoms with van der Waals surface area (Å²) < 4.78 is 0. The molecule has 0 aliphatic heterocycles. The number of allylic oxidation sites excluding steroid dienone is 7. The highest BCUT2D eigenvalue weighted by Crippen LogP contribution is 2.36. The predicted octanol–water partition coefficient (Wildman–Crippen LogP) is 14.9. The van der Waals surface area contributed by atoms with Crippen LogP contribution in [-0.2, 0) is 0 Å². The SMILES string of the molecule is C=C(C)c1ccc(C(=C)C)c(NC)c1.C=C=C(C=C)CCCC/C(C)=C(\CC)C(=C)CCC.CC.Cc1ccc(C2CCC2)cc1C. The van der Waals surface area contributed by atoms with Crippen LogP contribution in [0.1, 0.15) is 146 Å². The van der Waals surface area contributed by atoms with E-state index in [2.05, 4.69) is 115 Å². The first-order chi connectivity index (χ1) is 22.4. The molecule has 47 heavy (non-hydrogen) atoms. The lowest BCUT2D eigenvalue weighted by atomic mass is 9.79. The first kappa shape index (κ1) is 43.5. The summed E-state index contributed by atoms with van der Waals surface area (Å²) in [6, 6.07) is 13.2. The number of anilines is 1. The van der Waals surface area contributed by atoms with E-state index >= 15 is 0 Å². The fraction of sp³-hybridized carbons (Fsp3) is 0.457. The Balaban J connectivity index is 0.000000672. The molecule has 2 aromatic rings. The molecule has 0 amide bonds. The van der Waals surface area contributed by atoms with Gasteiger partial charge in [0.15, 0.2) is 0 Å². The molecule has 1 heteroatoms. The molecule has 0 atom stereocenters. The molecule has 1 fully saturated rings. The zero-order valence-electron chi connectivity index (χ0n) is 32.2. The molecule has 1 aliphatic rings. The predicted molar refractivity (Wildman–Crippen MR) is 218 cm³/mol. The number of hydrogen-bond acceptors (Lipinski definition) is 1. The average Bonchev–Trinajstić information content (AvgIpc) is 3.03. The van der Waals surface area contributed by atoms with Gasteiger partial charge in [0, 0.05) is 12.7 Å². The number of unbranched alkanes of at least 4 members (excludes halogenated alkanes) is 1. The zero-order valence-corrected chi connectivity index (χ0v) is 32.2. The van der Waals surface area contributed by atoms with Crippen LogP contribution < -0.4 is 5.32 Å². The average molecular weight is 636 g/mol. The van der Waals surface area contributed by atoms with Crippen LogP contribution in [0.4, 0.5) is 5.69 Å². The van der Waals surface area contributed by atoms with Crippen LogP contribution in [0, 0.1) is 13.8 Å². The van der Waals surface area contributed by atoms with Crippen molar-refractivity contribution in [3.63, 3.8) is 0 Å². The Bertz CT molecular complexity index is 1370. The highest BCUT2D eigenvalue weighted by atomic mass is 14.8. The minimum absolute atomic E-state index is 0.879. The van der Waals surface area contributed by atoms with Gasteiger partial charge in [0.25, 0.3) is 0 Å². The Hall–Kier alpha value is -3.54. The summed E-state index contributed by atoms with van der Waals surface area (Å²) in [4.78, 5) is 0. The molecule has 0 aromatic heterocycles. The highest BCUT2D eigenvalue weighted by Gasteiger charge is 2.19. The van der Waals surface area contributed by atoms with Gasteiger partial charge in [0.05, 0.1) is 0 Å². The Morgan fingerprint density at radius 2 is 1.51 bits per heavy atom. The van der Waals surface area contributed by atoms with Crippen molar-refractivity contribution in [2.24, 2.45) is 0 Å². The third kappa shape index (κ3) is 15.7. The van der Waals surface area contributed by atoms with Crippen molar-refractivity contribution >= 4 is 16.8 Å². The summed E-state index contributed by atoms with van der Waals surface area (Å²) in [5.74, 6) is 0.879. The second-order valence-corrected chi connectivity index (χ2v) is 12.6.